The minimum absolute atomic E-state index is 0.0254. The van der Waals surface area contributed by atoms with E-state index in [1.54, 1.807) is 46.7 Å². The van der Waals surface area contributed by atoms with Crippen LogP contribution in [0.5, 0.6) is 0 Å². The molecular formula is C80H138N12O14. The number of hydrogen-bond donors (Lipinski definition) is 6. The number of aliphatic hydroxyl groups is 1. The van der Waals surface area contributed by atoms with E-state index in [-0.39, 0.29) is 74.0 Å². The van der Waals surface area contributed by atoms with Gasteiger partial charge in [-0.3, -0.25) is 57.5 Å². The molecule has 6 N–H and O–H groups in total. The Bertz CT molecular complexity index is 2930. The van der Waals surface area contributed by atoms with E-state index >= 15 is 43.2 Å². The molecule has 4 aliphatic carbocycles. The molecule has 0 spiro atoms. The van der Waals surface area contributed by atoms with E-state index in [4.69, 9.17) is 4.74 Å². The molecular weight excluding hydrogens is 1350 g/mol. The van der Waals surface area contributed by atoms with Gasteiger partial charge in [0.15, 0.2) is 0 Å². The van der Waals surface area contributed by atoms with Crippen molar-refractivity contribution in [2.75, 3.05) is 62.0 Å². The molecule has 2 aliphatic heterocycles. The molecule has 0 unspecified atom stereocenters. The van der Waals surface area contributed by atoms with Crippen LogP contribution in [0.3, 0.4) is 0 Å². The summed E-state index contributed by atoms with van der Waals surface area (Å²) in [6.45, 7) is 17.6. The standard InChI is InChI=1S/C80H138N12O14/c1-50(2)42-62-71(97)84-61(49-106-80(8,9)10)69(95)85-68(54(7)93)79(105)89(14)64(45-56-34-24-18-25-35-56)72(98)83-60(76(102)92-40-30-21-31-41-92)48-67(94)81-52(5)73(99)90(15)65(46-57-36-26-19-27-37-57)77(103)86(11)53(6)74(100)91(16)66(47-58-38-28-20-29-39-58)78(104)88(13)63(43-51(3)4)70(96)82-59(75(101)87(62)12)44-55-32-22-17-23-33-55/h50-66,68,93H,17-49H2,1-16H3,(H,81,94)(H,82,96)(H,83,98)(H,84,97)(H,85,95)/t52-,53-,54+,59-,60-,61-,62-,63-,64-,65-,66-,68-/m0/s1. The van der Waals surface area contributed by atoms with Gasteiger partial charge in [0.25, 0.3) is 0 Å². The first kappa shape index (κ1) is 88.5. The summed E-state index contributed by atoms with van der Waals surface area (Å²) in [5.41, 5.74) is -0.866. The predicted octanol–water partition coefficient (Wildman–Crippen LogP) is 7.00. The Morgan fingerprint density at radius 1 is 0.425 bits per heavy atom. The van der Waals surface area contributed by atoms with Crippen molar-refractivity contribution in [1.29, 1.82) is 0 Å². The molecule has 26 heteroatoms. The number of nitrogens with one attached hydrogen (secondary N) is 5. The normalized spacial score (nSPS) is 29.3. The van der Waals surface area contributed by atoms with Crippen molar-refractivity contribution in [3.05, 3.63) is 0 Å². The van der Waals surface area contributed by atoms with Crippen molar-refractivity contribution < 1.29 is 67.4 Å². The van der Waals surface area contributed by atoms with Crippen LogP contribution in [0, 0.1) is 35.5 Å². The van der Waals surface area contributed by atoms with Crippen molar-refractivity contribution in [3.8, 4) is 0 Å². The van der Waals surface area contributed by atoms with Crippen LogP contribution in [0.25, 0.3) is 0 Å². The highest BCUT2D eigenvalue weighted by Crippen LogP contribution is 2.34. The van der Waals surface area contributed by atoms with Crippen molar-refractivity contribution in [1.82, 2.24) is 60.9 Å². The van der Waals surface area contributed by atoms with E-state index in [2.05, 4.69) is 26.6 Å². The average molecular weight is 1490 g/mol. The zero-order chi connectivity index (χ0) is 78.4. The van der Waals surface area contributed by atoms with Crippen molar-refractivity contribution in [2.45, 2.75) is 340 Å². The first-order chi connectivity index (χ1) is 50.0. The van der Waals surface area contributed by atoms with Gasteiger partial charge in [-0.1, -0.05) is 156 Å². The number of rotatable bonds is 16. The highest BCUT2D eigenvalue weighted by atomic mass is 16.5. The molecule has 0 aromatic heterocycles. The van der Waals surface area contributed by atoms with Gasteiger partial charge < -0.3 is 70.7 Å². The average Bonchev–Trinajstić information content (AvgIpc) is 0.816. The highest BCUT2D eigenvalue weighted by molar-refractivity contribution is 6.00. The third-order valence-electron chi connectivity index (χ3n) is 23.8. The largest absolute Gasteiger partial charge is 0.391 e. The number of amides is 12. The summed E-state index contributed by atoms with van der Waals surface area (Å²) in [7, 11) is 9.02. The first-order valence-electron chi connectivity index (χ1n) is 40.7. The van der Waals surface area contributed by atoms with Gasteiger partial charge in [0.05, 0.1) is 24.7 Å². The summed E-state index contributed by atoms with van der Waals surface area (Å²) < 4.78 is 6.19. The van der Waals surface area contributed by atoms with E-state index in [1.165, 1.54) is 66.5 Å². The molecule has 0 aromatic rings. The number of aliphatic hydroxyl groups excluding tert-OH is 1. The highest BCUT2D eigenvalue weighted by Gasteiger charge is 2.46. The fraction of sp³-hybridized carbons (Fsp3) is 0.850. The SMILES string of the molecule is CC(C)C[C@H]1C(=O)N[C@@H](COC(C)(C)C)C(=O)N[C@@H]([C@@H](C)O)C(=O)N(C)[C@@H](CC2CCCCC2)C(=O)N[C@H](C(=O)N2CCCCC2)CC(=O)N[C@@H](C)C(=O)N(C)[C@@H](CC2CCCCC2)C(=O)N(C)[C@@H](C)C(=O)N(C)[C@@H](CC2CCCCC2)C(=O)N(C)[C@@H](CC(C)C)C(=O)N[C@@H](CC2CCCCC2)C(=O)N1C. The second kappa shape index (κ2) is 41.9. The quantitative estimate of drug-likeness (QED) is 0.0907. The molecule has 6 rings (SSSR count). The zero-order valence-electron chi connectivity index (χ0n) is 67.6. The molecule has 26 nitrogen and oxygen atoms in total. The lowest BCUT2D eigenvalue weighted by Gasteiger charge is -2.40. The summed E-state index contributed by atoms with van der Waals surface area (Å²) in [5.74, 6) is -8.20. The van der Waals surface area contributed by atoms with Gasteiger partial charge in [-0.15, -0.1) is 0 Å². The van der Waals surface area contributed by atoms with E-state index in [1.807, 2.05) is 27.7 Å². The van der Waals surface area contributed by atoms with Gasteiger partial charge in [-0.2, -0.15) is 0 Å². The summed E-state index contributed by atoms with van der Waals surface area (Å²) in [5, 5.41) is 25.9. The predicted molar refractivity (Wildman–Crippen MR) is 406 cm³/mol. The number of carbonyl (C=O) groups is 12. The summed E-state index contributed by atoms with van der Waals surface area (Å²) in [6, 6.07) is -14.2. The summed E-state index contributed by atoms with van der Waals surface area (Å²) in [6.07, 6.45) is 19.0. The van der Waals surface area contributed by atoms with Crippen LogP contribution < -0.4 is 26.6 Å². The van der Waals surface area contributed by atoms with Gasteiger partial charge in [-0.25, -0.2) is 0 Å². The lowest BCUT2D eigenvalue weighted by molar-refractivity contribution is -0.154. The number of nitrogens with zero attached hydrogens (tertiary/aromatic N) is 7. The molecule has 0 bridgehead atoms. The number of likely N-dealkylation sites (N-methyl/N-ethyl adjacent to an activating group) is 6. The number of hydrogen-bond acceptors (Lipinski definition) is 14. The third-order valence-corrected chi connectivity index (χ3v) is 23.8. The Balaban J connectivity index is 1.49. The van der Waals surface area contributed by atoms with Crippen LogP contribution in [0.15, 0.2) is 0 Å². The van der Waals surface area contributed by atoms with E-state index in [0.29, 0.717) is 25.9 Å². The van der Waals surface area contributed by atoms with Gasteiger partial charge in [0.1, 0.15) is 66.5 Å². The fourth-order valence-corrected chi connectivity index (χ4v) is 17.0. The molecule has 4 saturated carbocycles. The van der Waals surface area contributed by atoms with Gasteiger partial charge in [0.2, 0.25) is 70.9 Å². The van der Waals surface area contributed by atoms with Crippen molar-refractivity contribution in [2.24, 2.45) is 35.5 Å². The maximum absolute atomic E-state index is 15.7. The Labute approximate surface area is 633 Å². The molecule has 2 saturated heterocycles. The number of carbonyl (C=O) groups excluding carboxylic acids is 12. The fourth-order valence-electron chi connectivity index (χ4n) is 17.0. The smallest absolute Gasteiger partial charge is 0.248 e. The van der Waals surface area contributed by atoms with Crippen LogP contribution in [0.1, 0.15) is 262 Å². The lowest BCUT2D eigenvalue weighted by Crippen LogP contribution is -2.63. The Hall–Kier alpha value is -6.44. The molecule has 0 aromatic carbocycles. The number of ether oxygens (including phenoxy) is 1. The Morgan fingerprint density at radius 3 is 1.25 bits per heavy atom. The third kappa shape index (κ3) is 25.9. The van der Waals surface area contributed by atoms with Gasteiger partial charge >= 0.3 is 0 Å². The molecule has 6 fully saturated rings. The summed E-state index contributed by atoms with van der Waals surface area (Å²) in [4.78, 5) is 192. The Morgan fingerprint density at radius 2 is 0.802 bits per heavy atom. The van der Waals surface area contributed by atoms with Crippen molar-refractivity contribution in [3.63, 3.8) is 0 Å². The summed E-state index contributed by atoms with van der Waals surface area (Å²) >= 11 is 0. The molecule has 6 aliphatic rings. The lowest BCUT2D eigenvalue weighted by atomic mass is 9.83. The van der Waals surface area contributed by atoms with Crippen LogP contribution in [-0.2, 0) is 62.3 Å². The molecule has 0 radical (unpaired) electrons. The van der Waals surface area contributed by atoms with Crippen LogP contribution in [0.4, 0.5) is 0 Å². The van der Waals surface area contributed by atoms with Crippen LogP contribution in [0.2, 0.25) is 0 Å². The Kier molecular flexibility index (Phi) is 35.0. The zero-order valence-corrected chi connectivity index (χ0v) is 67.6. The van der Waals surface area contributed by atoms with E-state index in [9.17, 15) is 19.5 Å². The van der Waals surface area contributed by atoms with Gasteiger partial charge in [0, 0.05) is 55.4 Å². The minimum Gasteiger partial charge on any atom is -0.391 e. The number of likely N-dealkylation sites (tertiary alicyclic amines) is 1. The van der Waals surface area contributed by atoms with Crippen LogP contribution >= 0.6 is 0 Å². The topological polar surface area (TPSA) is 317 Å². The second-order valence-corrected chi connectivity index (χ2v) is 34.4. The molecule has 12 amide bonds. The molecule has 106 heavy (non-hydrogen) atoms. The van der Waals surface area contributed by atoms with Crippen LogP contribution in [-0.4, -0.2) is 250 Å². The molecule has 12 atom stereocenters. The maximum atomic E-state index is 15.7. The molecule has 2 heterocycles. The van der Waals surface area contributed by atoms with E-state index in [0.717, 1.165) is 140 Å². The first-order valence-corrected chi connectivity index (χ1v) is 40.7. The second-order valence-electron chi connectivity index (χ2n) is 34.4. The van der Waals surface area contributed by atoms with Crippen molar-refractivity contribution >= 4 is 70.9 Å². The van der Waals surface area contributed by atoms with E-state index < -0.39 is 162 Å². The number of piperidine rings is 1. The maximum Gasteiger partial charge on any atom is 0.248 e. The monoisotopic (exact) mass is 1490 g/mol. The van der Waals surface area contributed by atoms with Gasteiger partial charge in [-0.05, 0) is 135 Å². The molecule has 602 valence electrons. The minimum atomic E-state index is -1.72.